The van der Waals surface area contributed by atoms with Gasteiger partial charge in [0, 0.05) is 12.0 Å². The summed E-state index contributed by atoms with van der Waals surface area (Å²) in [5.41, 5.74) is 0.832. The molecule has 0 aromatic heterocycles. The van der Waals surface area contributed by atoms with Crippen LogP contribution in [0.1, 0.15) is 40.5 Å². The predicted octanol–water partition coefficient (Wildman–Crippen LogP) is 2.15. The van der Waals surface area contributed by atoms with Crippen LogP contribution in [0.15, 0.2) is 0 Å². The van der Waals surface area contributed by atoms with E-state index in [1.54, 1.807) is 0 Å². The van der Waals surface area contributed by atoms with E-state index in [9.17, 15) is 0 Å². The van der Waals surface area contributed by atoms with E-state index < -0.39 is 0 Å². The van der Waals surface area contributed by atoms with Crippen LogP contribution in [0.3, 0.4) is 0 Å². The van der Waals surface area contributed by atoms with Crippen molar-refractivity contribution >= 4 is 0 Å². The highest BCUT2D eigenvalue weighted by atomic mass is 16.5. The summed E-state index contributed by atoms with van der Waals surface area (Å²) < 4.78 is 5.94. The SMILES string of the molecule is CC1(C)CNC2(CC(C)(C)C2)OC1. The molecule has 0 amide bonds. The predicted molar refractivity (Wildman–Crippen MR) is 53.5 cm³/mol. The molecule has 0 bridgehead atoms. The highest BCUT2D eigenvalue weighted by Crippen LogP contribution is 2.50. The molecule has 2 nitrogen and oxygen atoms in total. The number of rotatable bonds is 0. The first-order valence-corrected chi connectivity index (χ1v) is 5.22. The summed E-state index contributed by atoms with van der Waals surface area (Å²) in [7, 11) is 0. The molecular weight excluding hydrogens is 162 g/mol. The van der Waals surface area contributed by atoms with Crippen LogP contribution in [0.2, 0.25) is 0 Å². The summed E-state index contributed by atoms with van der Waals surface area (Å²) >= 11 is 0. The minimum atomic E-state index is 0.0407. The van der Waals surface area contributed by atoms with E-state index in [1.165, 1.54) is 0 Å². The van der Waals surface area contributed by atoms with Crippen LogP contribution in [0.4, 0.5) is 0 Å². The van der Waals surface area contributed by atoms with Gasteiger partial charge in [0.25, 0.3) is 0 Å². The van der Waals surface area contributed by atoms with Gasteiger partial charge < -0.3 is 4.74 Å². The van der Waals surface area contributed by atoms with Crippen molar-refractivity contribution in [1.29, 1.82) is 0 Å². The van der Waals surface area contributed by atoms with Crippen molar-refractivity contribution in [2.45, 2.75) is 46.3 Å². The topological polar surface area (TPSA) is 21.3 Å². The lowest BCUT2D eigenvalue weighted by atomic mass is 9.64. The Morgan fingerprint density at radius 2 is 1.62 bits per heavy atom. The van der Waals surface area contributed by atoms with Crippen molar-refractivity contribution in [3.8, 4) is 0 Å². The van der Waals surface area contributed by atoms with E-state index >= 15 is 0 Å². The zero-order valence-electron chi connectivity index (χ0n) is 9.24. The molecule has 0 unspecified atom stereocenters. The van der Waals surface area contributed by atoms with Crippen molar-refractivity contribution in [2.75, 3.05) is 13.2 Å². The molecule has 13 heavy (non-hydrogen) atoms. The molecule has 2 aliphatic rings. The summed E-state index contributed by atoms with van der Waals surface area (Å²) in [5, 5.41) is 3.56. The van der Waals surface area contributed by atoms with E-state index in [-0.39, 0.29) is 5.72 Å². The Balaban J connectivity index is 1.93. The molecule has 1 aliphatic heterocycles. The molecule has 0 atom stereocenters. The first kappa shape index (κ1) is 9.47. The quantitative estimate of drug-likeness (QED) is 0.621. The maximum atomic E-state index is 5.94. The third-order valence-corrected chi connectivity index (χ3v) is 3.16. The Kier molecular flexibility index (Phi) is 1.81. The van der Waals surface area contributed by atoms with Gasteiger partial charge in [-0.15, -0.1) is 0 Å². The Labute approximate surface area is 81.0 Å². The molecule has 1 heterocycles. The molecule has 1 N–H and O–H groups in total. The van der Waals surface area contributed by atoms with E-state index in [0.717, 1.165) is 26.0 Å². The number of hydrogen-bond donors (Lipinski definition) is 1. The molecule has 2 heteroatoms. The van der Waals surface area contributed by atoms with Crippen LogP contribution < -0.4 is 5.32 Å². The van der Waals surface area contributed by atoms with Gasteiger partial charge in [-0.25, -0.2) is 0 Å². The Bertz CT molecular complexity index is 200. The first-order chi connectivity index (χ1) is 5.83. The van der Waals surface area contributed by atoms with Crippen LogP contribution in [0, 0.1) is 10.8 Å². The smallest absolute Gasteiger partial charge is 0.120 e. The second kappa shape index (κ2) is 2.48. The lowest BCUT2D eigenvalue weighted by Gasteiger charge is -2.57. The average Bonchev–Trinajstić information content (AvgIpc) is 1.92. The maximum absolute atomic E-state index is 5.94. The Hall–Kier alpha value is -0.0800. The van der Waals surface area contributed by atoms with E-state index in [0.29, 0.717) is 10.8 Å². The lowest BCUT2D eigenvalue weighted by molar-refractivity contribution is -0.219. The van der Waals surface area contributed by atoms with Crippen LogP contribution in [-0.4, -0.2) is 18.9 Å². The molecule has 1 saturated heterocycles. The lowest BCUT2D eigenvalue weighted by Crippen LogP contribution is -2.66. The molecule has 1 aliphatic carbocycles. The van der Waals surface area contributed by atoms with Crippen LogP contribution in [0.5, 0.6) is 0 Å². The normalized spacial score (nSPS) is 34.2. The standard InChI is InChI=1S/C11H21NO/c1-9(2)5-11(6-9)12-7-10(3,4)8-13-11/h12H,5-8H2,1-4H3. The second-order valence-corrected chi connectivity index (χ2v) is 6.32. The molecule has 1 spiro atoms. The maximum Gasteiger partial charge on any atom is 0.120 e. The summed E-state index contributed by atoms with van der Waals surface area (Å²) in [4.78, 5) is 0. The summed E-state index contributed by atoms with van der Waals surface area (Å²) in [6.07, 6.45) is 2.33. The Morgan fingerprint density at radius 1 is 1.00 bits per heavy atom. The second-order valence-electron chi connectivity index (χ2n) is 6.32. The molecule has 0 aromatic carbocycles. The van der Waals surface area contributed by atoms with Gasteiger partial charge in [0.1, 0.15) is 5.72 Å². The van der Waals surface area contributed by atoms with Crippen molar-refractivity contribution in [1.82, 2.24) is 5.32 Å². The van der Waals surface area contributed by atoms with Gasteiger partial charge in [0.2, 0.25) is 0 Å². The molecule has 2 fully saturated rings. The zero-order chi connectivity index (χ0) is 9.74. The molecule has 0 aromatic rings. The van der Waals surface area contributed by atoms with Gasteiger partial charge in [-0.2, -0.15) is 0 Å². The Morgan fingerprint density at radius 3 is 2.00 bits per heavy atom. The van der Waals surface area contributed by atoms with Gasteiger partial charge >= 0.3 is 0 Å². The van der Waals surface area contributed by atoms with E-state index in [1.807, 2.05) is 0 Å². The van der Waals surface area contributed by atoms with Crippen LogP contribution in [-0.2, 0) is 4.74 Å². The largest absolute Gasteiger partial charge is 0.360 e. The van der Waals surface area contributed by atoms with Crippen molar-refractivity contribution < 1.29 is 4.74 Å². The molecule has 0 radical (unpaired) electrons. The molecule has 2 rings (SSSR count). The molecule has 1 saturated carbocycles. The fourth-order valence-electron chi connectivity index (χ4n) is 2.56. The summed E-state index contributed by atoms with van der Waals surface area (Å²) in [5.74, 6) is 0. The number of nitrogens with one attached hydrogen (secondary N) is 1. The van der Waals surface area contributed by atoms with Crippen molar-refractivity contribution in [3.05, 3.63) is 0 Å². The summed E-state index contributed by atoms with van der Waals surface area (Å²) in [6, 6.07) is 0. The first-order valence-electron chi connectivity index (χ1n) is 5.22. The van der Waals surface area contributed by atoms with E-state index in [2.05, 4.69) is 33.0 Å². The van der Waals surface area contributed by atoms with Crippen molar-refractivity contribution in [3.63, 3.8) is 0 Å². The minimum absolute atomic E-state index is 0.0407. The minimum Gasteiger partial charge on any atom is -0.360 e. The zero-order valence-corrected chi connectivity index (χ0v) is 9.24. The molecular formula is C11H21NO. The van der Waals surface area contributed by atoms with Crippen molar-refractivity contribution in [2.24, 2.45) is 10.8 Å². The van der Waals surface area contributed by atoms with Gasteiger partial charge in [-0.1, -0.05) is 27.7 Å². The van der Waals surface area contributed by atoms with Gasteiger partial charge in [-0.05, 0) is 18.3 Å². The van der Waals surface area contributed by atoms with E-state index in [4.69, 9.17) is 4.74 Å². The number of ether oxygens (including phenoxy) is 1. The van der Waals surface area contributed by atoms with Crippen LogP contribution in [0.25, 0.3) is 0 Å². The fraction of sp³-hybridized carbons (Fsp3) is 1.00. The third kappa shape index (κ3) is 1.75. The highest BCUT2D eigenvalue weighted by Gasteiger charge is 2.52. The van der Waals surface area contributed by atoms with Gasteiger partial charge in [-0.3, -0.25) is 5.32 Å². The van der Waals surface area contributed by atoms with Gasteiger partial charge in [0.05, 0.1) is 6.61 Å². The molecule has 76 valence electrons. The monoisotopic (exact) mass is 183 g/mol. The third-order valence-electron chi connectivity index (χ3n) is 3.16. The van der Waals surface area contributed by atoms with Crippen LogP contribution >= 0.6 is 0 Å². The summed E-state index contributed by atoms with van der Waals surface area (Å²) in [6.45, 7) is 11.1. The fourth-order valence-corrected chi connectivity index (χ4v) is 2.56. The average molecular weight is 183 g/mol. The number of hydrogen-bond acceptors (Lipinski definition) is 2. The highest BCUT2D eigenvalue weighted by molar-refractivity contribution is 5.02. The van der Waals surface area contributed by atoms with Gasteiger partial charge in [0.15, 0.2) is 0 Å².